The van der Waals surface area contributed by atoms with Crippen molar-refractivity contribution in [2.45, 2.75) is 6.42 Å². The van der Waals surface area contributed by atoms with Gasteiger partial charge in [-0.2, -0.15) is 0 Å². The molecule has 1 heterocycles. The van der Waals surface area contributed by atoms with Crippen LogP contribution >= 0.6 is 11.6 Å². The van der Waals surface area contributed by atoms with Crippen LogP contribution in [-0.2, 0) is 16.0 Å². The fourth-order valence-electron chi connectivity index (χ4n) is 1.00. The highest BCUT2D eigenvalue weighted by molar-refractivity contribution is 6.31. The van der Waals surface area contributed by atoms with Crippen molar-refractivity contribution < 1.29 is 14.3 Å². The smallest absolute Gasteiger partial charge is 0.310 e. The maximum atomic E-state index is 11.0. The molecule has 4 nitrogen and oxygen atoms in total. The van der Waals surface area contributed by atoms with Gasteiger partial charge >= 0.3 is 5.97 Å². The van der Waals surface area contributed by atoms with Crippen LogP contribution in [-0.4, -0.2) is 25.2 Å². The first kappa shape index (κ1) is 10.8. The van der Waals surface area contributed by atoms with E-state index in [2.05, 4.69) is 9.72 Å². The number of carbonyl (C=O) groups is 1. The lowest BCUT2D eigenvalue weighted by atomic mass is 10.2. The third kappa shape index (κ3) is 2.35. The molecule has 5 heteroatoms. The molecule has 0 fully saturated rings. The maximum Gasteiger partial charge on any atom is 0.310 e. The lowest BCUT2D eigenvalue weighted by Gasteiger charge is -2.07. The second-order valence-corrected chi connectivity index (χ2v) is 2.94. The van der Waals surface area contributed by atoms with Crippen LogP contribution in [0.1, 0.15) is 5.56 Å². The Hall–Kier alpha value is -1.29. The number of halogens is 1. The summed E-state index contributed by atoms with van der Waals surface area (Å²) in [4.78, 5) is 15.0. The standard InChI is InChI=1S/C9H10ClNO3/c1-13-8(12)5-6-7(10)3-4-11-9(6)14-2/h3-4H,5H2,1-2H3. The van der Waals surface area contributed by atoms with E-state index in [0.717, 1.165) is 0 Å². The molecule has 0 saturated carbocycles. The summed E-state index contributed by atoms with van der Waals surface area (Å²) in [6, 6.07) is 1.60. The minimum absolute atomic E-state index is 0.0619. The molecule has 0 aliphatic carbocycles. The fourth-order valence-corrected chi connectivity index (χ4v) is 1.21. The Labute approximate surface area is 86.8 Å². The zero-order valence-corrected chi connectivity index (χ0v) is 8.67. The topological polar surface area (TPSA) is 48.4 Å². The quantitative estimate of drug-likeness (QED) is 0.717. The first-order chi connectivity index (χ1) is 6.69. The zero-order chi connectivity index (χ0) is 10.6. The highest BCUT2D eigenvalue weighted by Crippen LogP contribution is 2.24. The van der Waals surface area contributed by atoms with Gasteiger partial charge in [-0.15, -0.1) is 0 Å². The molecule has 0 amide bonds. The minimum atomic E-state index is -0.377. The largest absolute Gasteiger partial charge is 0.481 e. The molecule has 0 radical (unpaired) electrons. The number of rotatable bonds is 3. The molecule has 0 aliphatic rings. The third-order valence-corrected chi connectivity index (χ3v) is 2.06. The van der Waals surface area contributed by atoms with E-state index in [0.29, 0.717) is 16.5 Å². The zero-order valence-electron chi connectivity index (χ0n) is 7.91. The second kappa shape index (κ2) is 4.81. The van der Waals surface area contributed by atoms with E-state index in [1.807, 2.05) is 0 Å². The minimum Gasteiger partial charge on any atom is -0.481 e. The van der Waals surface area contributed by atoms with E-state index < -0.39 is 0 Å². The van der Waals surface area contributed by atoms with E-state index in [1.165, 1.54) is 20.4 Å². The average molecular weight is 216 g/mol. The Morgan fingerprint density at radius 3 is 2.86 bits per heavy atom. The molecule has 0 spiro atoms. The molecule has 0 atom stereocenters. The number of methoxy groups -OCH3 is 2. The molecule has 0 unspecified atom stereocenters. The monoisotopic (exact) mass is 215 g/mol. The SMILES string of the molecule is COC(=O)Cc1c(Cl)ccnc1OC. The summed E-state index contributed by atoms with van der Waals surface area (Å²) >= 11 is 5.88. The Morgan fingerprint density at radius 2 is 2.29 bits per heavy atom. The van der Waals surface area contributed by atoms with E-state index in [4.69, 9.17) is 16.3 Å². The number of aromatic nitrogens is 1. The van der Waals surface area contributed by atoms with E-state index in [1.54, 1.807) is 6.07 Å². The van der Waals surface area contributed by atoms with Crippen LogP contribution in [0.25, 0.3) is 0 Å². The molecular weight excluding hydrogens is 206 g/mol. The average Bonchev–Trinajstić information content (AvgIpc) is 2.20. The Morgan fingerprint density at radius 1 is 1.57 bits per heavy atom. The summed E-state index contributed by atoms with van der Waals surface area (Å²) in [6.45, 7) is 0. The molecule has 0 saturated heterocycles. The normalized spacial score (nSPS) is 9.64. The summed E-state index contributed by atoms with van der Waals surface area (Å²) in [6.07, 6.45) is 1.58. The highest BCUT2D eigenvalue weighted by atomic mass is 35.5. The first-order valence-electron chi connectivity index (χ1n) is 3.93. The summed E-state index contributed by atoms with van der Waals surface area (Å²) in [5, 5.41) is 0.447. The molecule has 1 rings (SSSR count). The second-order valence-electron chi connectivity index (χ2n) is 2.53. The van der Waals surface area contributed by atoms with Gasteiger partial charge in [-0.1, -0.05) is 11.6 Å². The van der Waals surface area contributed by atoms with Gasteiger partial charge in [0.25, 0.3) is 0 Å². The van der Waals surface area contributed by atoms with Crippen LogP contribution in [0.2, 0.25) is 5.02 Å². The summed E-state index contributed by atoms with van der Waals surface area (Å²) in [7, 11) is 2.79. The van der Waals surface area contributed by atoms with Crippen molar-refractivity contribution in [2.75, 3.05) is 14.2 Å². The van der Waals surface area contributed by atoms with Crippen molar-refractivity contribution in [3.8, 4) is 5.88 Å². The number of pyridine rings is 1. The van der Waals surface area contributed by atoms with Gasteiger partial charge in [0.2, 0.25) is 5.88 Å². The number of hydrogen-bond donors (Lipinski definition) is 0. The van der Waals surface area contributed by atoms with Crippen molar-refractivity contribution in [2.24, 2.45) is 0 Å². The summed E-state index contributed by atoms with van der Waals surface area (Å²) in [5.41, 5.74) is 0.545. The van der Waals surface area contributed by atoms with Crippen LogP contribution in [0.3, 0.4) is 0 Å². The van der Waals surface area contributed by atoms with Gasteiger partial charge in [0.1, 0.15) is 0 Å². The van der Waals surface area contributed by atoms with Gasteiger partial charge in [0, 0.05) is 11.8 Å². The van der Waals surface area contributed by atoms with Gasteiger partial charge in [0.15, 0.2) is 0 Å². The molecule has 76 valence electrons. The Balaban J connectivity index is 2.98. The van der Waals surface area contributed by atoms with Crippen LogP contribution < -0.4 is 4.74 Å². The van der Waals surface area contributed by atoms with Crippen molar-refractivity contribution in [3.05, 3.63) is 22.8 Å². The molecule has 14 heavy (non-hydrogen) atoms. The van der Waals surface area contributed by atoms with E-state index in [-0.39, 0.29) is 12.4 Å². The summed E-state index contributed by atoms with van der Waals surface area (Å²) in [5.74, 6) is -0.0268. The lowest BCUT2D eigenvalue weighted by molar-refractivity contribution is -0.139. The van der Waals surface area contributed by atoms with Crippen molar-refractivity contribution in [3.63, 3.8) is 0 Å². The molecule has 0 bridgehead atoms. The number of ether oxygens (including phenoxy) is 2. The third-order valence-electron chi connectivity index (χ3n) is 1.70. The number of carbonyl (C=O) groups excluding carboxylic acids is 1. The molecule has 1 aromatic heterocycles. The molecule has 1 aromatic rings. The maximum absolute atomic E-state index is 11.0. The van der Waals surface area contributed by atoms with Gasteiger partial charge in [-0.25, -0.2) is 4.98 Å². The van der Waals surface area contributed by atoms with E-state index in [9.17, 15) is 4.79 Å². The lowest BCUT2D eigenvalue weighted by Crippen LogP contribution is -2.07. The van der Waals surface area contributed by atoms with Crippen LogP contribution in [0.5, 0.6) is 5.88 Å². The number of nitrogens with zero attached hydrogens (tertiary/aromatic N) is 1. The first-order valence-corrected chi connectivity index (χ1v) is 4.31. The highest BCUT2D eigenvalue weighted by Gasteiger charge is 2.13. The van der Waals surface area contributed by atoms with E-state index >= 15 is 0 Å². The summed E-state index contributed by atoms with van der Waals surface area (Å²) < 4.78 is 9.50. The molecule has 0 aliphatic heterocycles. The van der Waals surface area contributed by atoms with Crippen molar-refractivity contribution in [1.29, 1.82) is 0 Å². The fraction of sp³-hybridized carbons (Fsp3) is 0.333. The Bertz CT molecular complexity index is 341. The van der Waals surface area contributed by atoms with Crippen LogP contribution in [0.4, 0.5) is 0 Å². The van der Waals surface area contributed by atoms with Crippen LogP contribution in [0.15, 0.2) is 12.3 Å². The number of hydrogen-bond acceptors (Lipinski definition) is 4. The van der Waals surface area contributed by atoms with Gasteiger partial charge < -0.3 is 9.47 Å². The predicted molar refractivity (Wildman–Crippen MR) is 51.5 cm³/mol. The van der Waals surface area contributed by atoms with Gasteiger partial charge in [0.05, 0.1) is 25.7 Å². The van der Waals surface area contributed by atoms with Gasteiger partial charge in [-0.3, -0.25) is 4.79 Å². The van der Waals surface area contributed by atoms with Crippen LogP contribution in [0, 0.1) is 0 Å². The number of esters is 1. The molecule has 0 N–H and O–H groups in total. The van der Waals surface area contributed by atoms with Crippen molar-refractivity contribution >= 4 is 17.6 Å². The predicted octanol–water partition coefficient (Wildman–Crippen LogP) is 1.46. The molecule has 0 aromatic carbocycles. The molecular formula is C9H10ClNO3. The van der Waals surface area contributed by atoms with Gasteiger partial charge in [-0.05, 0) is 6.07 Å². The van der Waals surface area contributed by atoms with Crippen molar-refractivity contribution in [1.82, 2.24) is 4.98 Å². The Kier molecular flexibility index (Phi) is 3.71.